The fourth-order valence-electron chi connectivity index (χ4n) is 3.24. The molecule has 0 spiro atoms. The maximum atomic E-state index is 5.79. The predicted molar refractivity (Wildman–Crippen MR) is 99.9 cm³/mol. The lowest BCUT2D eigenvalue weighted by molar-refractivity contribution is 0.274. The molecule has 25 heavy (non-hydrogen) atoms. The SMILES string of the molecule is Cc1ccc2c(c1)C(Nc1cc(-c3ccccc3)nc(C)n1)CCO2. The molecule has 1 aromatic heterocycles. The lowest BCUT2D eigenvalue weighted by Gasteiger charge is -2.27. The third kappa shape index (κ3) is 3.33. The Morgan fingerprint density at radius 2 is 1.84 bits per heavy atom. The van der Waals surface area contributed by atoms with Crippen LogP contribution in [-0.2, 0) is 0 Å². The van der Waals surface area contributed by atoms with Gasteiger partial charge in [-0.3, -0.25) is 0 Å². The van der Waals surface area contributed by atoms with Crippen molar-refractivity contribution < 1.29 is 4.74 Å². The van der Waals surface area contributed by atoms with Crippen LogP contribution in [0.25, 0.3) is 11.3 Å². The summed E-state index contributed by atoms with van der Waals surface area (Å²) in [6.45, 7) is 4.75. The van der Waals surface area contributed by atoms with Crippen molar-refractivity contribution in [2.75, 3.05) is 11.9 Å². The number of aromatic nitrogens is 2. The summed E-state index contributed by atoms with van der Waals surface area (Å²) < 4.78 is 5.79. The maximum absolute atomic E-state index is 5.79. The fourth-order valence-corrected chi connectivity index (χ4v) is 3.24. The van der Waals surface area contributed by atoms with E-state index in [1.54, 1.807) is 0 Å². The molecule has 1 unspecified atom stereocenters. The second-order valence-corrected chi connectivity index (χ2v) is 6.43. The Hall–Kier alpha value is -2.88. The molecule has 126 valence electrons. The first-order valence-electron chi connectivity index (χ1n) is 8.60. The summed E-state index contributed by atoms with van der Waals surface area (Å²) in [5.74, 6) is 2.58. The third-order valence-electron chi connectivity index (χ3n) is 4.43. The summed E-state index contributed by atoms with van der Waals surface area (Å²) in [7, 11) is 0. The molecule has 0 aliphatic carbocycles. The molecule has 1 aliphatic heterocycles. The Morgan fingerprint density at radius 3 is 2.68 bits per heavy atom. The van der Waals surface area contributed by atoms with Crippen molar-refractivity contribution in [3.63, 3.8) is 0 Å². The monoisotopic (exact) mass is 331 g/mol. The van der Waals surface area contributed by atoms with Crippen molar-refractivity contribution in [3.8, 4) is 17.0 Å². The van der Waals surface area contributed by atoms with Gasteiger partial charge in [0.05, 0.1) is 18.3 Å². The zero-order valence-corrected chi connectivity index (χ0v) is 14.5. The first-order valence-corrected chi connectivity index (χ1v) is 8.60. The zero-order chi connectivity index (χ0) is 17.2. The van der Waals surface area contributed by atoms with Crippen LogP contribution >= 0.6 is 0 Å². The molecule has 0 bridgehead atoms. The van der Waals surface area contributed by atoms with Crippen molar-refractivity contribution >= 4 is 5.82 Å². The molecule has 0 amide bonds. The molecule has 0 radical (unpaired) electrons. The summed E-state index contributed by atoms with van der Waals surface area (Å²) >= 11 is 0. The highest BCUT2D eigenvalue weighted by atomic mass is 16.5. The molecule has 3 aromatic rings. The van der Waals surface area contributed by atoms with Crippen LogP contribution in [-0.4, -0.2) is 16.6 Å². The second-order valence-electron chi connectivity index (χ2n) is 6.43. The minimum Gasteiger partial charge on any atom is -0.493 e. The summed E-state index contributed by atoms with van der Waals surface area (Å²) in [5, 5.41) is 3.58. The van der Waals surface area contributed by atoms with Crippen LogP contribution in [0.5, 0.6) is 5.75 Å². The van der Waals surface area contributed by atoms with E-state index < -0.39 is 0 Å². The highest BCUT2D eigenvalue weighted by Crippen LogP contribution is 2.35. The van der Waals surface area contributed by atoms with Crippen LogP contribution < -0.4 is 10.1 Å². The van der Waals surface area contributed by atoms with Gasteiger partial charge >= 0.3 is 0 Å². The van der Waals surface area contributed by atoms with Crippen molar-refractivity contribution in [1.29, 1.82) is 0 Å². The zero-order valence-electron chi connectivity index (χ0n) is 14.5. The first-order chi connectivity index (χ1) is 12.2. The molecule has 1 atom stereocenters. The molecular weight excluding hydrogens is 310 g/mol. The van der Waals surface area contributed by atoms with Gasteiger partial charge in [-0.25, -0.2) is 9.97 Å². The van der Waals surface area contributed by atoms with Crippen molar-refractivity contribution in [2.24, 2.45) is 0 Å². The van der Waals surface area contributed by atoms with Crippen LogP contribution in [0.15, 0.2) is 54.6 Å². The summed E-state index contributed by atoms with van der Waals surface area (Å²) in [6.07, 6.45) is 0.917. The van der Waals surface area contributed by atoms with E-state index in [-0.39, 0.29) is 6.04 Å². The van der Waals surface area contributed by atoms with Gasteiger partial charge in [0.25, 0.3) is 0 Å². The molecular formula is C21H21N3O. The summed E-state index contributed by atoms with van der Waals surface area (Å²) in [5.41, 5.74) is 4.47. The van der Waals surface area contributed by atoms with Gasteiger partial charge in [0.15, 0.2) is 0 Å². The Labute approximate surface area is 147 Å². The number of ether oxygens (including phenoxy) is 1. The van der Waals surface area contributed by atoms with Gasteiger partial charge in [0.1, 0.15) is 17.4 Å². The molecule has 0 saturated heterocycles. The standard InChI is InChI=1S/C21H21N3O/c1-14-8-9-20-17(12-14)18(10-11-25-20)24-21-13-19(22-15(2)23-21)16-6-4-3-5-7-16/h3-9,12-13,18H,10-11H2,1-2H3,(H,22,23,24). The molecule has 4 rings (SSSR count). The number of hydrogen-bond donors (Lipinski definition) is 1. The smallest absolute Gasteiger partial charge is 0.130 e. The quantitative estimate of drug-likeness (QED) is 0.756. The topological polar surface area (TPSA) is 47.0 Å². The van der Waals surface area contributed by atoms with E-state index in [0.717, 1.165) is 35.1 Å². The summed E-state index contributed by atoms with van der Waals surface area (Å²) in [6, 6.07) is 18.7. The van der Waals surface area contributed by atoms with E-state index in [0.29, 0.717) is 6.61 Å². The van der Waals surface area contributed by atoms with E-state index in [4.69, 9.17) is 4.74 Å². The summed E-state index contributed by atoms with van der Waals surface area (Å²) in [4.78, 5) is 9.17. The van der Waals surface area contributed by atoms with Gasteiger partial charge < -0.3 is 10.1 Å². The van der Waals surface area contributed by atoms with Gasteiger partial charge in [-0.15, -0.1) is 0 Å². The number of nitrogens with one attached hydrogen (secondary N) is 1. The minimum absolute atomic E-state index is 0.196. The molecule has 1 aliphatic rings. The maximum Gasteiger partial charge on any atom is 0.130 e. The molecule has 0 saturated carbocycles. The van der Waals surface area contributed by atoms with Gasteiger partial charge in [-0.2, -0.15) is 0 Å². The molecule has 2 aromatic carbocycles. The average molecular weight is 331 g/mol. The van der Waals surface area contributed by atoms with Gasteiger partial charge in [0.2, 0.25) is 0 Å². The van der Waals surface area contributed by atoms with Gasteiger partial charge in [0, 0.05) is 23.6 Å². The molecule has 4 nitrogen and oxygen atoms in total. The number of anilines is 1. The van der Waals surface area contributed by atoms with Crippen LogP contribution in [0.1, 0.15) is 29.4 Å². The van der Waals surface area contributed by atoms with E-state index in [2.05, 4.69) is 52.5 Å². The number of fused-ring (bicyclic) bond motifs is 1. The van der Waals surface area contributed by atoms with E-state index in [1.807, 2.05) is 31.2 Å². The second kappa shape index (κ2) is 6.55. The van der Waals surface area contributed by atoms with Crippen molar-refractivity contribution in [3.05, 3.63) is 71.5 Å². The average Bonchev–Trinajstić information content (AvgIpc) is 2.62. The first kappa shape index (κ1) is 15.6. The van der Waals surface area contributed by atoms with Gasteiger partial charge in [-0.05, 0) is 19.9 Å². The Bertz CT molecular complexity index is 893. The molecule has 4 heteroatoms. The minimum atomic E-state index is 0.196. The normalized spacial score (nSPS) is 16.0. The Balaban J connectivity index is 1.66. The molecule has 2 heterocycles. The number of benzene rings is 2. The highest BCUT2D eigenvalue weighted by Gasteiger charge is 2.22. The van der Waals surface area contributed by atoms with Crippen molar-refractivity contribution in [1.82, 2.24) is 9.97 Å². The van der Waals surface area contributed by atoms with E-state index in [1.165, 1.54) is 11.1 Å². The number of aryl methyl sites for hydroxylation is 2. The lowest BCUT2D eigenvalue weighted by Crippen LogP contribution is -2.21. The largest absolute Gasteiger partial charge is 0.493 e. The van der Waals surface area contributed by atoms with Crippen LogP contribution in [0.4, 0.5) is 5.82 Å². The number of hydrogen-bond acceptors (Lipinski definition) is 4. The Morgan fingerprint density at radius 1 is 1.00 bits per heavy atom. The highest BCUT2D eigenvalue weighted by molar-refractivity contribution is 5.62. The van der Waals surface area contributed by atoms with Crippen LogP contribution in [0, 0.1) is 13.8 Å². The molecule has 0 fully saturated rings. The van der Waals surface area contributed by atoms with Crippen LogP contribution in [0.3, 0.4) is 0 Å². The van der Waals surface area contributed by atoms with Gasteiger partial charge in [-0.1, -0.05) is 48.0 Å². The molecule has 1 N–H and O–H groups in total. The van der Waals surface area contributed by atoms with Crippen molar-refractivity contribution in [2.45, 2.75) is 26.3 Å². The van der Waals surface area contributed by atoms with E-state index >= 15 is 0 Å². The lowest BCUT2D eigenvalue weighted by atomic mass is 9.98. The third-order valence-corrected chi connectivity index (χ3v) is 4.43. The Kier molecular flexibility index (Phi) is 4.10. The number of rotatable bonds is 3. The van der Waals surface area contributed by atoms with E-state index in [9.17, 15) is 0 Å². The van der Waals surface area contributed by atoms with Crippen LogP contribution in [0.2, 0.25) is 0 Å². The number of nitrogens with zero attached hydrogens (tertiary/aromatic N) is 2. The predicted octanol–water partition coefficient (Wildman–Crippen LogP) is 4.70. The fraction of sp³-hybridized carbons (Fsp3) is 0.238.